The van der Waals surface area contributed by atoms with Crippen LogP contribution in [0.15, 0.2) is 73.0 Å². The summed E-state index contributed by atoms with van der Waals surface area (Å²) < 4.78 is 0. The smallest absolute Gasteiger partial charge is 0.0508 e. The molecule has 1 heteroatoms. The summed E-state index contributed by atoms with van der Waals surface area (Å²) in [6, 6.07) is 6.98. The van der Waals surface area contributed by atoms with E-state index in [1.54, 1.807) is 0 Å². The molecule has 0 amide bonds. The maximum Gasteiger partial charge on any atom is 0.0508 e. The van der Waals surface area contributed by atoms with Gasteiger partial charge in [-0.2, -0.15) is 0 Å². The number of hydrogen-bond acceptors (Lipinski definition) is 1. The van der Waals surface area contributed by atoms with Gasteiger partial charge >= 0.3 is 0 Å². The summed E-state index contributed by atoms with van der Waals surface area (Å²) in [6.07, 6.45) is 4.82. The van der Waals surface area contributed by atoms with Gasteiger partial charge in [-0.3, -0.25) is 0 Å². The van der Waals surface area contributed by atoms with Gasteiger partial charge in [-0.25, -0.2) is 0 Å². The van der Waals surface area contributed by atoms with E-state index in [0.717, 1.165) is 41.7 Å². The van der Waals surface area contributed by atoms with Crippen LogP contribution in [0, 0.1) is 12.3 Å². The fourth-order valence-electron chi connectivity index (χ4n) is 3.51. The second-order valence-corrected chi connectivity index (χ2v) is 9.57. The van der Waals surface area contributed by atoms with Gasteiger partial charge in [0.2, 0.25) is 0 Å². The predicted octanol–water partition coefficient (Wildman–Crippen LogP) is 8.47. The van der Waals surface area contributed by atoms with Crippen LogP contribution in [0.5, 0.6) is 0 Å². The zero-order valence-electron chi connectivity index (χ0n) is 19.8. The van der Waals surface area contributed by atoms with Crippen molar-refractivity contribution in [3.05, 3.63) is 89.7 Å². The highest BCUT2D eigenvalue weighted by molar-refractivity contribution is 5.67. The van der Waals surface area contributed by atoms with Crippen LogP contribution in [-0.4, -0.2) is 0 Å². The van der Waals surface area contributed by atoms with Gasteiger partial charge in [0.05, 0.1) is 6.04 Å². The third-order valence-corrected chi connectivity index (χ3v) is 5.10. The van der Waals surface area contributed by atoms with Crippen LogP contribution < -0.4 is 5.32 Å². The van der Waals surface area contributed by atoms with Gasteiger partial charge in [-0.05, 0) is 72.4 Å². The molecular weight excluding hydrogens is 350 g/mol. The first-order valence-electron chi connectivity index (χ1n) is 10.6. The van der Waals surface area contributed by atoms with Gasteiger partial charge in [-0.1, -0.05) is 83.9 Å². The molecule has 0 bridgehead atoms. The highest BCUT2D eigenvalue weighted by atomic mass is 14.9. The number of allylic oxidation sites excluding steroid dienone is 5. The molecule has 0 unspecified atom stereocenters. The molecule has 1 N–H and O–H groups in total. The fraction of sp³-hybridized carbons (Fsp3) is 0.429. The van der Waals surface area contributed by atoms with Crippen molar-refractivity contribution < 1.29 is 0 Å². The lowest BCUT2D eigenvalue weighted by molar-refractivity contribution is 0.427. The molecule has 0 aromatic heterocycles. The maximum atomic E-state index is 4.33. The molecule has 0 radical (unpaired) electrons. The molecule has 0 heterocycles. The van der Waals surface area contributed by atoms with Crippen LogP contribution in [0.25, 0.3) is 5.57 Å². The molecule has 0 aliphatic heterocycles. The number of benzene rings is 1. The van der Waals surface area contributed by atoms with Crippen molar-refractivity contribution in [1.29, 1.82) is 0 Å². The predicted molar refractivity (Wildman–Crippen MR) is 132 cm³/mol. The van der Waals surface area contributed by atoms with Gasteiger partial charge in [0.25, 0.3) is 0 Å². The quantitative estimate of drug-likeness (QED) is 0.394. The highest BCUT2D eigenvalue weighted by Gasteiger charge is 2.16. The van der Waals surface area contributed by atoms with Crippen molar-refractivity contribution >= 4 is 5.57 Å². The van der Waals surface area contributed by atoms with Gasteiger partial charge in [0.1, 0.15) is 0 Å². The standard InChI is InChI=1S/C28H41N/c1-12-27(29-24(8)16-20(4)15-21(5)19(2)3)25-13-14-26(22(6)17-25)23(7)18-28(9,10)11/h13-15,17,27,29H,2,4,7-8,12,16,18H2,1,3,5-6,9-11H3/b21-15+/t27-/m0/s1. The largest absolute Gasteiger partial charge is 0.382 e. The summed E-state index contributed by atoms with van der Waals surface area (Å²) >= 11 is 0. The lowest BCUT2D eigenvalue weighted by Crippen LogP contribution is -2.20. The third kappa shape index (κ3) is 8.31. The molecule has 0 aliphatic carbocycles. The third-order valence-electron chi connectivity index (χ3n) is 5.10. The Bertz CT molecular complexity index is 811. The molecule has 1 atom stereocenters. The van der Waals surface area contributed by atoms with Crippen LogP contribution >= 0.6 is 0 Å². The Balaban J connectivity index is 2.88. The first-order valence-corrected chi connectivity index (χ1v) is 10.6. The van der Waals surface area contributed by atoms with Crippen LogP contribution in [0.2, 0.25) is 0 Å². The Morgan fingerprint density at radius 3 is 2.21 bits per heavy atom. The molecule has 0 fully saturated rings. The van der Waals surface area contributed by atoms with E-state index in [2.05, 4.69) is 97.5 Å². The minimum absolute atomic E-state index is 0.241. The van der Waals surface area contributed by atoms with Crippen molar-refractivity contribution in [2.24, 2.45) is 5.41 Å². The summed E-state index contributed by atoms with van der Waals surface area (Å²) in [5, 5.41) is 3.60. The van der Waals surface area contributed by atoms with E-state index in [1.165, 1.54) is 22.3 Å². The summed E-state index contributed by atoms with van der Waals surface area (Å²) in [6.45, 7) is 31.9. The van der Waals surface area contributed by atoms with Crippen LogP contribution in [0.1, 0.15) is 83.5 Å². The van der Waals surface area contributed by atoms with E-state index in [1.807, 2.05) is 6.92 Å². The van der Waals surface area contributed by atoms with E-state index in [9.17, 15) is 0 Å². The second-order valence-electron chi connectivity index (χ2n) is 9.57. The van der Waals surface area contributed by atoms with Gasteiger partial charge < -0.3 is 5.32 Å². The van der Waals surface area contributed by atoms with Crippen molar-refractivity contribution in [1.82, 2.24) is 5.32 Å². The zero-order valence-corrected chi connectivity index (χ0v) is 19.8. The lowest BCUT2D eigenvalue weighted by Gasteiger charge is -2.24. The van der Waals surface area contributed by atoms with Crippen molar-refractivity contribution in [2.75, 3.05) is 0 Å². The SMILES string of the molecule is C=C(/C=C(\C)C(=C)C)CC(=C)N[C@@H](CC)c1ccc(C(=C)CC(C)(C)C)c(C)c1. The normalized spacial score (nSPS) is 13.0. The van der Waals surface area contributed by atoms with Crippen molar-refractivity contribution in [2.45, 2.75) is 73.8 Å². The van der Waals surface area contributed by atoms with E-state index >= 15 is 0 Å². The van der Waals surface area contributed by atoms with E-state index in [0.29, 0.717) is 0 Å². The molecule has 29 heavy (non-hydrogen) atoms. The number of nitrogens with one attached hydrogen (secondary N) is 1. The number of hydrogen-bond donors (Lipinski definition) is 1. The summed E-state index contributed by atoms with van der Waals surface area (Å²) in [5.74, 6) is 0. The average Bonchev–Trinajstić information content (AvgIpc) is 2.57. The van der Waals surface area contributed by atoms with Gasteiger partial charge in [-0.15, -0.1) is 0 Å². The first-order chi connectivity index (χ1) is 13.3. The number of aryl methyl sites for hydroxylation is 1. The van der Waals surface area contributed by atoms with Gasteiger partial charge in [0, 0.05) is 12.1 Å². The zero-order chi connectivity index (χ0) is 22.4. The average molecular weight is 392 g/mol. The molecule has 0 aliphatic rings. The fourth-order valence-corrected chi connectivity index (χ4v) is 3.51. The molecule has 1 aromatic rings. The molecule has 0 saturated heterocycles. The molecule has 0 spiro atoms. The van der Waals surface area contributed by atoms with Crippen LogP contribution in [0.4, 0.5) is 0 Å². The van der Waals surface area contributed by atoms with Crippen LogP contribution in [0.3, 0.4) is 0 Å². The summed E-state index contributed by atoms with van der Waals surface area (Å²) in [4.78, 5) is 0. The molecule has 0 saturated carbocycles. The molecule has 1 nitrogen and oxygen atoms in total. The summed E-state index contributed by atoms with van der Waals surface area (Å²) in [7, 11) is 0. The molecule has 158 valence electrons. The second kappa shape index (κ2) is 10.5. The molecule has 1 aromatic carbocycles. The Morgan fingerprint density at radius 1 is 1.10 bits per heavy atom. The first kappa shape index (κ1) is 24.8. The Morgan fingerprint density at radius 2 is 1.72 bits per heavy atom. The van der Waals surface area contributed by atoms with Gasteiger partial charge in [0.15, 0.2) is 0 Å². The lowest BCUT2D eigenvalue weighted by atomic mass is 9.84. The molecule has 1 rings (SSSR count). The van der Waals surface area contributed by atoms with Crippen LogP contribution in [-0.2, 0) is 0 Å². The number of rotatable bonds is 10. The van der Waals surface area contributed by atoms with E-state index in [4.69, 9.17) is 0 Å². The van der Waals surface area contributed by atoms with Crippen molar-refractivity contribution in [3.63, 3.8) is 0 Å². The monoisotopic (exact) mass is 391 g/mol. The highest BCUT2D eigenvalue weighted by Crippen LogP contribution is 2.32. The Kier molecular flexibility index (Phi) is 8.95. The van der Waals surface area contributed by atoms with E-state index in [-0.39, 0.29) is 11.5 Å². The Hall–Kier alpha value is -2.28. The Labute approximate surface area is 180 Å². The van der Waals surface area contributed by atoms with Crippen molar-refractivity contribution in [3.8, 4) is 0 Å². The summed E-state index contributed by atoms with van der Waals surface area (Å²) in [5.41, 5.74) is 9.57. The maximum absolute atomic E-state index is 4.33. The minimum atomic E-state index is 0.241. The molecular formula is C28H41N. The topological polar surface area (TPSA) is 12.0 Å². The minimum Gasteiger partial charge on any atom is -0.382 e. The van der Waals surface area contributed by atoms with E-state index < -0.39 is 0 Å².